The Balaban J connectivity index is 2.40. The zero-order chi connectivity index (χ0) is 13.4. The smallest absolute Gasteiger partial charge is 0.387 e. The van der Waals surface area contributed by atoms with E-state index in [1.807, 2.05) is 0 Å². The molecule has 0 spiro atoms. The van der Waals surface area contributed by atoms with Crippen LogP contribution >= 0.6 is 0 Å². The van der Waals surface area contributed by atoms with Gasteiger partial charge in [0.05, 0.1) is 0 Å². The second-order valence-electron chi connectivity index (χ2n) is 3.83. The molecule has 0 aliphatic rings. The predicted octanol–water partition coefficient (Wildman–Crippen LogP) is 3.39. The minimum absolute atomic E-state index is 0.105. The molecule has 4 nitrogen and oxygen atoms in total. The van der Waals surface area contributed by atoms with Gasteiger partial charge in [0.15, 0.2) is 17.6 Å². The van der Waals surface area contributed by atoms with Crippen LogP contribution in [0.2, 0.25) is 0 Å². The van der Waals surface area contributed by atoms with E-state index < -0.39 is 6.61 Å². The fraction of sp³-hybridized carbons (Fsp3) is 0.0769. The third-order valence-corrected chi connectivity index (χ3v) is 2.76. The largest absolute Gasteiger partial charge is 0.452 e. The maximum Gasteiger partial charge on any atom is 0.387 e. The van der Waals surface area contributed by atoms with Crippen LogP contribution in [0.15, 0.2) is 35.0 Å². The Hall–Kier alpha value is -2.50. The van der Waals surface area contributed by atoms with Gasteiger partial charge in [-0.05, 0) is 18.2 Å². The van der Waals surface area contributed by atoms with Gasteiger partial charge in [0.2, 0.25) is 0 Å². The van der Waals surface area contributed by atoms with Gasteiger partial charge in [-0.15, -0.1) is 0 Å². The summed E-state index contributed by atoms with van der Waals surface area (Å²) in [6.45, 7) is -2.96. The van der Waals surface area contributed by atoms with Gasteiger partial charge in [-0.25, -0.2) is 0 Å². The number of alkyl halides is 2. The molecule has 96 valence electrons. The number of carbonyl (C=O) groups excluding carboxylic acids is 1. The molecule has 0 radical (unpaired) electrons. The van der Waals surface area contributed by atoms with E-state index in [1.165, 1.54) is 24.5 Å². The number of halogens is 2. The van der Waals surface area contributed by atoms with Crippen LogP contribution in [0.5, 0.6) is 5.75 Å². The number of fused-ring (bicyclic) bond motifs is 3. The highest BCUT2D eigenvalue weighted by Crippen LogP contribution is 2.36. The highest BCUT2D eigenvalue weighted by molar-refractivity contribution is 6.13. The summed E-state index contributed by atoms with van der Waals surface area (Å²) in [6.07, 6.45) is 3.66. The van der Waals surface area contributed by atoms with Crippen LogP contribution in [0, 0.1) is 0 Å². The molecule has 0 fully saturated rings. The predicted molar refractivity (Wildman–Crippen MR) is 63.5 cm³/mol. The molecule has 0 unspecified atom stereocenters. The molecular formula is C13H7F2NO3. The normalized spacial score (nSPS) is 11.3. The van der Waals surface area contributed by atoms with Crippen LogP contribution < -0.4 is 4.74 Å². The molecule has 0 saturated carbocycles. The van der Waals surface area contributed by atoms with Gasteiger partial charge < -0.3 is 9.15 Å². The standard InChI is InChI=1S/C13H7F2NO3/c14-13(15)19-10-2-1-7(6-17)11-8-5-16-4-3-9(8)18-12(10)11/h1-6,13H. The van der Waals surface area contributed by atoms with Gasteiger partial charge in [-0.2, -0.15) is 8.78 Å². The van der Waals surface area contributed by atoms with Crippen molar-refractivity contribution in [1.82, 2.24) is 4.98 Å². The SMILES string of the molecule is O=Cc1ccc(OC(F)F)c2oc3ccncc3c12. The number of pyridine rings is 1. The lowest BCUT2D eigenvalue weighted by Crippen LogP contribution is -2.02. The van der Waals surface area contributed by atoms with Crippen molar-refractivity contribution >= 4 is 28.2 Å². The summed E-state index contributed by atoms with van der Waals surface area (Å²) >= 11 is 0. The molecular weight excluding hydrogens is 256 g/mol. The van der Waals surface area contributed by atoms with Crippen LogP contribution in [0.4, 0.5) is 8.78 Å². The number of aldehydes is 1. The molecule has 0 aliphatic heterocycles. The Morgan fingerprint density at radius 3 is 2.89 bits per heavy atom. The van der Waals surface area contributed by atoms with Crippen molar-refractivity contribution in [3.63, 3.8) is 0 Å². The summed E-state index contributed by atoms with van der Waals surface area (Å²) in [7, 11) is 0. The van der Waals surface area contributed by atoms with Gasteiger partial charge in [-0.3, -0.25) is 9.78 Å². The highest BCUT2D eigenvalue weighted by atomic mass is 19.3. The van der Waals surface area contributed by atoms with Crippen LogP contribution in [-0.2, 0) is 0 Å². The van der Waals surface area contributed by atoms with Crippen molar-refractivity contribution in [2.24, 2.45) is 0 Å². The number of hydrogen-bond donors (Lipinski definition) is 0. The van der Waals surface area contributed by atoms with E-state index in [0.717, 1.165) is 0 Å². The van der Waals surface area contributed by atoms with E-state index in [4.69, 9.17) is 4.42 Å². The van der Waals surface area contributed by atoms with E-state index in [0.29, 0.717) is 28.2 Å². The molecule has 2 heterocycles. The minimum atomic E-state index is -2.96. The molecule has 0 amide bonds. The first-order chi connectivity index (χ1) is 9.20. The third-order valence-electron chi connectivity index (χ3n) is 2.76. The van der Waals surface area contributed by atoms with Gasteiger partial charge in [0.1, 0.15) is 5.58 Å². The molecule has 6 heteroatoms. The molecule has 2 aromatic heterocycles. The Morgan fingerprint density at radius 2 is 2.16 bits per heavy atom. The summed E-state index contributed by atoms with van der Waals surface area (Å²) < 4.78 is 34.5. The topological polar surface area (TPSA) is 52.3 Å². The maximum atomic E-state index is 12.3. The van der Waals surface area contributed by atoms with E-state index in [1.54, 1.807) is 6.07 Å². The van der Waals surface area contributed by atoms with Gasteiger partial charge >= 0.3 is 6.61 Å². The van der Waals surface area contributed by atoms with Gasteiger partial charge in [-0.1, -0.05) is 0 Å². The van der Waals surface area contributed by atoms with Crippen molar-refractivity contribution in [2.45, 2.75) is 6.61 Å². The number of aromatic nitrogens is 1. The first-order valence-corrected chi connectivity index (χ1v) is 5.40. The van der Waals surface area contributed by atoms with Crippen molar-refractivity contribution in [2.75, 3.05) is 0 Å². The molecule has 3 rings (SSSR count). The molecule has 0 bridgehead atoms. The van der Waals surface area contributed by atoms with E-state index in [2.05, 4.69) is 9.72 Å². The number of ether oxygens (including phenoxy) is 1. The second-order valence-corrected chi connectivity index (χ2v) is 3.83. The van der Waals surface area contributed by atoms with Crippen LogP contribution in [0.25, 0.3) is 21.9 Å². The fourth-order valence-electron chi connectivity index (χ4n) is 2.01. The lowest BCUT2D eigenvalue weighted by molar-refractivity contribution is -0.0493. The Kier molecular flexibility index (Phi) is 2.63. The van der Waals surface area contributed by atoms with Crippen molar-refractivity contribution in [3.8, 4) is 5.75 Å². The maximum absolute atomic E-state index is 12.3. The number of furan rings is 1. The zero-order valence-corrected chi connectivity index (χ0v) is 9.47. The lowest BCUT2D eigenvalue weighted by Gasteiger charge is -2.05. The van der Waals surface area contributed by atoms with E-state index in [9.17, 15) is 13.6 Å². The highest BCUT2D eigenvalue weighted by Gasteiger charge is 2.17. The number of nitrogens with zero attached hydrogens (tertiary/aromatic N) is 1. The summed E-state index contributed by atoms with van der Waals surface area (Å²) in [5, 5.41) is 1.01. The zero-order valence-electron chi connectivity index (χ0n) is 9.47. The number of benzene rings is 1. The third kappa shape index (κ3) is 1.81. The summed E-state index contributed by atoms with van der Waals surface area (Å²) in [5.41, 5.74) is 0.912. The second kappa shape index (κ2) is 4.31. The van der Waals surface area contributed by atoms with Crippen LogP contribution in [0.1, 0.15) is 10.4 Å². The average Bonchev–Trinajstić information content (AvgIpc) is 2.79. The Labute approximate surface area is 105 Å². The van der Waals surface area contributed by atoms with E-state index in [-0.39, 0.29) is 11.3 Å². The molecule has 0 saturated heterocycles. The van der Waals surface area contributed by atoms with Crippen LogP contribution in [-0.4, -0.2) is 17.9 Å². The van der Waals surface area contributed by atoms with Crippen molar-refractivity contribution < 1.29 is 22.7 Å². The number of carbonyl (C=O) groups is 1. The number of hydrogen-bond acceptors (Lipinski definition) is 4. The molecule has 0 atom stereocenters. The van der Waals surface area contributed by atoms with E-state index >= 15 is 0 Å². The first-order valence-electron chi connectivity index (χ1n) is 5.40. The number of rotatable bonds is 3. The van der Waals surface area contributed by atoms with Gasteiger partial charge in [0.25, 0.3) is 0 Å². The quantitative estimate of drug-likeness (QED) is 0.679. The summed E-state index contributed by atoms with van der Waals surface area (Å²) in [6, 6.07) is 4.29. The summed E-state index contributed by atoms with van der Waals surface area (Å²) in [5.74, 6) is -0.105. The summed E-state index contributed by atoms with van der Waals surface area (Å²) in [4.78, 5) is 15.0. The Bertz CT molecular complexity index is 767. The van der Waals surface area contributed by atoms with Gasteiger partial charge in [0, 0.05) is 28.7 Å². The minimum Gasteiger partial charge on any atom is -0.452 e. The molecule has 19 heavy (non-hydrogen) atoms. The van der Waals surface area contributed by atoms with Crippen molar-refractivity contribution in [1.29, 1.82) is 0 Å². The monoisotopic (exact) mass is 263 g/mol. The molecule has 0 aliphatic carbocycles. The molecule has 1 aromatic carbocycles. The average molecular weight is 263 g/mol. The molecule has 3 aromatic rings. The Morgan fingerprint density at radius 1 is 1.32 bits per heavy atom. The first kappa shape index (κ1) is 11.6. The molecule has 0 N–H and O–H groups in total. The fourth-order valence-corrected chi connectivity index (χ4v) is 2.01. The lowest BCUT2D eigenvalue weighted by atomic mass is 10.1. The van der Waals surface area contributed by atoms with Crippen molar-refractivity contribution in [3.05, 3.63) is 36.2 Å². The van der Waals surface area contributed by atoms with Crippen LogP contribution in [0.3, 0.4) is 0 Å².